The average molecular weight is 430 g/mol. The van der Waals surface area contributed by atoms with E-state index in [0.29, 0.717) is 15.8 Å². The zero-order chi connectivity index (χ0) is 21.0. The lowest BCUT2D eigenvalue weighted by atomic mass is 10.2. The molecule has 0 unspecified atom stereocenters. The fourth-order valence-electron chi connectivity index (χ4n) is 3.02. The van der Waals surface area contributed by atoms with Crippen LogP contribution in [-0.4, -0.2) is 23.3 Å². The lowest BCUT2D eigenvalue weighted by Crippen LogP contribution is -2.24. The second-order valence-electron chi connectivity index (χ2n) is 6.66. The summed E-state index contributed by atoms with van der Waals surface area (Å²) in [6.07, 6.45) is 1.63. The molecule has 1 aromatic heterocycles. The highest BCUT2D eigenvalue weighted by Gasteiger charge is 2.10. The average Bonchev–Trinajstić information content (AvgIpc) is 2.94. The highest BCUT2D eigenvalue weighted by Crippen LogP contribution is 2.27. The van der Waals surface area contributed by atoms with Gasteiger partial charge >= 0.3 is 0 Å². The first-order chi connectivity index (χ1) is 13.8. The predicted molar refractivity (Wildman–Crippen MR) is 118 cm³/mol. The van der Waals surface area contributed by atoms with Gasteiger partial charge in [0.2, 0.25) is 0 Å². The van der Waals surface area contributed by atoms with Crippen LogP contribution >= 0.6 is 23.2 Å². The van der Waals surface area contributed by atoms with Crippen LogP contribution in [0.25, 0.3) is 5.69 Å². The van der Waals surface area contributed by atoms with E-state index in [1.165, 1.54) is 5.56 Å². The van der Waals surface area contributed by atoms with Crippen molar-refractivity contribution in [1.82, 2.24) is 9.99 Å². The molecule has 0 saturated carbocycles. The summed E-state index contributed by atoms with van der Waals surface area (Å²) in [6.45, 7) is 5.91. The largest absolute Gasteiger partial charge is 0.482 e. The van der Waals surface area contributed by atoms with Crippen molar-refractivity contribution < 1.29 is 9.53 Å². The van der Waals surface area contributed by atoms with E-state index in [9.17, 15) is 4.79 Å². The molecule has 0 bridgehead atoms. The number of rotatable bonds is 6. The van der Waals surface area contributed by atoms with Crippen molar-refractivity contribution in [3.05, 3.63) is 81.1 Å². The van der Waals surface area contributed by atoms with E-state index in [1.807, 2.05) is 26.0 Å². The van der Waals surface area contributed by atoms with Crippen LogP contribution in [0.1, 0.15) is 22.5 Å². The van der Waals surface area contributed by atoms with Gasteiger partial charge in [0.05, 0.1) is 11.2 Å². The normalized spacial score (nSPS) is 11.1. The van der Waals surface area contributed by atoms with Crippen molar-refractivity contribution in [2.24, 2.45) is 5.10 Å². The molecule has 0 spiro atoms. The number of aryl methyl sites for hydroxylation is 2. The number of hydrogen-bond donors (Lipinski definition) is 1. The monoisotopic (exact) mass is 429 g/mol. The zero-order valence-corrected chi connectivity index (χ0v) is 17.9. The smallest absolute Gasteiger partial charge is 0.277 e. The summed E-state index contributed by atoms with van der Waals surface area (Å²) >= 11 is 11.9. The number of nitrogens with one attached hydrogen (secondary N) is 1. The molecular formula is C22H21Cl2N3O2. The van der Waals surface area contributed by atoms with Gasteiger partial charge < -0.3 is 9.30 Å². The quantitative estimate of drug-likeness (QED) is 0.430. The van der Waals surface area contributed by atoms with Crippen molar-refractivity contribution in [3.63, 3.8) is 0 Å². The molecule has 1 amide bonds. The van der Waals surface area contributed by atoms with Crippen molar-refractivity contribution >= 4 is 35.3 Å². The molecule has 0 radical (unpaired) electrons. The van der Waals surface area contributed by atoms with E-state index < -0.39 is 0 Å². The summed E-state index contributed by atoms with van der Waals surface area (Å²) in [5.74, 6) is -0.00310. The van der Waals surface area contributed by atoms with Gasteiger partial charge in [-0.3, -0.25) is 4.79 Å². The Morgan fingerprint density at radius 2 is 1.93 bits per heavy atom. The lowest BCUT2D eigenvalue weighted by molar-refractivity contribution is -0.123. The minimum absolute atomic E-state index is 0.207. The molecule has 29 heavy (non-hydrogen) atoms. The zero-order valence-electron chi connectivity index (χ0n) is 16.4. The van der Waals surface area contributed by atoms with Crippen molar-refractivity contribution in [3.8, 4) is 11.4 Å². The Kier molecular flexibility index (Phi) is 6.62. The maximum absolute atomic E-state index is 12.0. The van der Waals surface area contributed by atoms with Crippen molar-refractivity contribution in [2.75, 3.05) is 6.61 Å². The minimum atomic E-state index is -0.389. The Morgan fingerprint density at radius 3 is 2.66 bits per heavy atom. The van der Waals surface area contributed by atoms with E-state index in [4.69, 9.17) is 27.9 Å². The number of benzene rings is 2. The summed E-state index contributed by atoms with van der Waals surface area (Å²) in [5.41, 5.74) is 7.80. The second-order valence-corrected chi connectivity index (χ2v) is 7.50. The Labute approximate surface area is 179 Å². The summed E-state index contributed by atoms with van der Waals surface area (Å²) in [6, 6.07) is 15.1. The molecule has 7 heteroatoms. The molecule has 3 rings (SSSR count). The van der Waals surface area contributed by atoms with Gasteiger partial charge in [-0.2, -0.15) is 5.10 Å². The van der Waals surface area contributed by atoms with E-state index in [0.717, 1.165) is 22.6 Å². The first-order valence-electron chi connectivity index (χ1n) is 9.01. The molecule has 0 aliphatic rings. The molecule has 0 aliphatic carbocycles. The Bertz CT molecular complexity index is 1070. The fraction of sp³-hybridized carbons (Fsp3) is 0.182. The third-order valence-corrected chi connectivity index (χ3v) is 4.91. The van der Waals surface area contributed by atoms with Crippen LogP contribution in [0.2, 0.25) is 10.0 Å². The van der Waals surface area contributed by atoms with Gasteiger partial charge in [-0.05, 0) is 62.7 Å². The fourth-order valence-corrected chi connectivity index (χ4v) is 3.49. The maximum Gasteiger partial charge on any atom is 0.277 e. The number of amides is 1. The predicted octanol–water partition coefficient (Wildman–Crippen LogP) is 5.24. The van der Waals surface area contributed by atoms with Crippen LogP contribution in [0.15, 0.2) is 53.6 Å². The first kappa shape index (κ1) is 21.0. The van der Waals surface area contributed by atoms with Gasteiger partial charge in [0.25, 0.3) is 5.91 Å². The molecule has 2 aromatic carbocycles. The first-order valence-corrected chi connectivity index (χ1v) is 9.76. The van der Waals surface area contributed by atoms with Gasteiger partial charge in [-0.15, -0.1) is 0 Å². The number of ether oxygens (including phenoxy) is 1. The third-order valence-electron chi connectivity index (χ3n) is 4.38. The van der Waals surface area contributed by atoms with Crippen LogP contribution in [0.5, 0.6) is 5.75 Å². The van der Waals surface area contributed by atoms with Crippen molar-refractivity contribution in [2.45, 2.75) is 20.8 Å². The highest BCUT2D eigenvalue weighted by atomic mass is 35.5. The van der Waals surface area contributed by atoms with E-state index in [1.54, 1.807) is 24.4 Å². The van der Waals surface area contributed by atoms with Crippen LogP contribution in [-0.2, 0) is 4.79 Å². The molecule has 0 atom stereocenters. The molecule has 1 N–H and O–H groups in total. The minimum Gasteiger partial charge on any atom is -0.482 e. The number of nitrogens with zero attached hydrogens (tertiary/aromatic N) is 2. The van der Waals surface area contributed by atoms with Crippen LogP contribution < -0.4 is 10.2 Å². The van der Waals surface area contributed by atoms with Gasteiger partial charge in [0.15, 0.2) is 6.61 Å². The topological polar surface area (TPSA) is 55.6 Å². The van der Waals surface area contributed by atoms with Crippen LogP contribution in [0.4, 0.5) is 0 Å². The molecular weight excluding hydrogens is 409 g/mol. The molecule has 150 valence electrons. The molecule has 5 nitrogen and oxygen atoms in total. The summed E-state index contributed by atoms with van der Waals surface area (Å²) in [4.78, 5) is 12.0. The Balaban J connectivity index is 1.63. The van der Waals surface area contributed by atoms with Crippen LogP contribution in [0, 0.1) is 20.8 Å². The summed E-state index contributed by atoms with van der Waals surface area (Å²) in [5, 5.41) is 4.89. The highest BCUT2D eigenvalue weighted by molar-refractivity contribution is 6.35. The van der Waals surface area contributed by atoms with Crippen molar-refractivity contribution in [1.29, 1.82) is 0 Å². The molecule has 0 saturated heterocycles. The number of hydrogen-bond acceptors (Lipinski definition) is 3. The molecule has 0 fully saturated rings. The van der Waals surface area contributed by atoms with Gasteiger partial charge in [-0.1, -0.05) is 35.3 Å². The SMILES string of the molecule is Cc1cccc(-n2c(C)cc(/C=N/NC(=O)COc3ccc(Cl)cc3Cl)c2C)c1. The van der Waals surface area contributed by atoms with E-state index in [-0.39, 0.29) is 12.5 Å². The summed E-state index contributed by atoms with van der Waals surface area (Å²) < 4.78 is 7.55. The standard InChI is InChI=1S/C22H21Cl2N3O2/c1-14-5-4-6-19(9-14)27-15(2)10-17(16(27)3)12-25-26-22(28)13-29-21-8-7-18(23)11-20(21)24/h4-12H,13H2,1-3H3,(H,26,28)/b25-12+. The van der Waals surface area contributed by atoms with Gasteiger partial charge in [0, 0.05) is 27.7 Å². The Morgan fingerprint density at radius 1 is 1.14 bits per heavy atom. The van der Waals surface area contributed by atoms with E-state index >= 15 is 0 Å². The second kappa shape index (κ2) is 9.16. The lowest BCUT2D eigenvalue weighted by Gasteiger charge is -2.10. The number of aromatic nitrogens is 1. The summed E-state index contributed by atoms with van der Waals surface area (Å²) in [7, 11) is 0. The number of carbonyl (C=O) groups excluding carboxylic acids is 1. The van der Waals surface area contributed by atoms with Gasteiger partial charge in [-0.25, -0.2) is 5.43 Å². The Hall–Kier alpha value is -2.76. The van der Waals surface area contributed by atoms with E-state index in [2.05, 4.69) is 40.2 Å². The maximum atomic E-state index is 12.0. The molecule has 3 aromatic rings. The number of hydrazone groups is 1. The van der Waals surface area contributed by atoms with Gasteiger partial charge in [0.1, 0.15) is 5.75 Å². The van der Waals surface area contributed by atoms with Crippen LogP contribution in [0.3, 0.4) is 0 Å². The number of halogens is 2. The third kappa shape index (κ3) is 5.19. The molecule has 0 aliphatic heterocycles. The molecule has 1 heterocycles. The number of carbonyl (C=O) groups is 1.